The van der Waals surface area contributed by atoms with E-state index in [4.69, 9.17) is 10.7 Å². The smallest absolute Gasteiger partial charge is 0.329 e. The number of imidazole rings is 1. The zero-order valence-corrected chi connectivity index (χ0v) is 18.2. The summed E-state index contributed by atoms with van der Waals surface area (Å²) in [6.07, 6.45) is 5.07. The van der Waals surface area contributed by atoms with Gasteiger partial charge >= 0.3 is 5.69 Å². The molecule has 1 amide bonds. The standard InChI is InChI=1S/C23H25N7O2/c1-14-3-4-15(11-25-14)17-5-6-18-21(27-17)22-19(12-26-18)28(2)23(32)30(22)16-7-9-29(10-8-16)13-20(24)31/h3-6,11-12,16H,7-10,13H2,1-2H3,(H2,24,31). The molecule has 9 heteroatoms. The number of piperidine rings is 1. The summed E-state index contributed by atoms with van der Waals surface area (Å²) in [5.74, 6) is -0.329. The average Bonchev–Trinajstić information content (AvgIpc) is 3.05. The Balaban J connectivity index is 1.64. The topological polar surface area (TPSA) is 112 Å². The van der Waals surface area contributed by atoms with Gasteiger partial charge in [0, 0.05) is 43.6 Å². The summed E-state index contributed by atoms with van der Waals surface area (Å²) in [7, 11) is 1.77. The van der Waals surface area contributed by atoms with Gasteiger partial charge in [0.15, 0.2) is 0 Å². The van der Waals surface area contributed by atoms with Crippen LogP contribution in [-0.2, 0) is 11.8 Å². The van der Waals surface area contributed by atoms with Crippen molar-refractivity contribution in [2.45, 2.75) is 25.8 Å². The second kappa shape index (κ2) is 7.83. The number of hydrogen-bond acceptors (Lipinski definition) is 6. The molecule has 2 N–H and O–H groups in total. The lowest BCUT2D eigenvalue weighted by molar-refractivity contribution is -0.119. The Morgan fingerprint density at radius 1 is 1.12 bits per heavy atom. The number of hydrogen-bond donors (Lipinski definition) is 1. The molecule has 5 heterocycles. The number of aryl methyl sites for hydroxylation is 2. The molecular weight excluding hydrogens is 406 g/mol. The molecule has 0 atom stereocenters. The summed E-state index contributed by atoms with van der Waals surface area (Å²) in [5, 5.41) is 0. The first-order valence-electron chi connectivity index (χ1n) is 10.7. The van der Waals surface area contributed by atoms with E-state index in [9.17, 15) is 9.59 Å². The largest absolute Gasteiger partial charge is 0.369 e. The molecule has 0 spiro atoms. The Bertz CT molecular complexity index is 1380. The monoisotopic (exact) mass is 431 g/mol. The second-order valence-corrected chi connectivity index (χ2v) is 8.43. The molecule has 0 unspecified atom stereocenters. The van der Waals surface area contributed by atoms with Crippen LogP contribution in [0.2, 0.25) is 0 Å². The van der Waals surface area contributed by atoms with E-state index in [-0.39, 0.29) is 24.2 Å². The molecule has 32 heavy (non-hydrogen) atoms. The predicted octanol–water partition coefficient (Wildman–Crippen LogP) is 1.78. The van der Waals surface area contributed by atoms with E-state index in [1.54, 1.807) is 17.8 Å². The Labute approximate surface area is 184 Å². The molecular formula is C23H25N7O2. The van der Waals surface area contributed by atoms with Crippen molar-refractivity contribution in [2.75, 3.05) is 19.6 Å². The highest BCUT2D eigenvalue weighted by atomic mass is 16.2. The number of aromatic nitrogens is 5. The predicted molar refractivity (Wildman–Crippen MR) is 122 cm³/mol. The number of nitrogens with two attached hydrogens (primary N) is 1. The highest BCUT2D eigenvalue weighted by Crippen LogP contribution is 2.30. The van der Waals surface area contributed by atoms with E-state index >= 15 is 0 Å². The van der Waals surface area contributed by atoms with Crippen molar-refractivity contribution in [2.24, 2.45) is 12.8 Å². The lowest BCUT2D eigenvalue weighted by Crippen LogP contribution is -2.41. The van der Waals surface area contributed by atoms with Gasteiger partial charge in [0.05, 0.1) is 35.0 Å². The van der Waals surface area contributed by atoms with Gasteiger partial charge in [0.25, 0.3) is 0 Å². The molecule has 1 aliphatic heterocycles. The Hall–Kier alpha value is -3.59. The summed E-state index contributed by atoms with van der Waals surface area (Å²) in [6, 6.07) is 7.84. The summed E-state index contributed by atoms with van der Waals surface area (Å²) >= 11 is 0. The van der Waals surface area contributed by atoms with Gasteiger partial charge < -0.3 is 5.73 Å². The maximum atomic E-state index is 13.3. The van der Waals surface area contributed by atoms with Gasteiger partial charge in [-0.1, -0.05) is 0 Å². The summed E-state index contributed by atoms with van der Waals surface area (Å²) in [5.41, 5.74) is 10.9. The zero-order chi connectivity index (χ0) is 22.4. The number of rotatable bonds is 4. The summed E-state index contributed by atoms with van der Waals surface area (Å²) in [4.78, 5) is 40.4. The Morgan fingerprint density at radius 2 is 1.91 bits per heavy atom. The van der Waals surface area contributed by atoms with Crippen molar-refractivity contribution in [1.82, 2.24) is 29.0 Å². The molecule has 1 saturated heterocycles. The maximum absolute atomic E-state index is 13.3. The molecule has 1 fully saturated rings. The Morgan fingerprint density at radius 3 is 2.59 bits per heavy atom. The van der Waals surface area contributed by atoms with Gasteiger partial charge in [-0.3, -0.25) is 28.8 Å². The number of carbonyl (C=O) groups is 1. The van der Waals surface area contributed by atoms with Gasteiger partial charge in [-0.15, -0.1) is 0 Å². The minimum Gasteiger partial charge on any atom is -0.369 e. The molecule has 164 valence electrons. The summed E-state index contributed by atoms with van der Waals surface area (Å²) < 4.78 is 3.50. The Kier molecular flexibility index (Phi) is 4.97. The molecule has 0 aromatic carbocycles. The van der Waals surface area contributed by atoms with E-state index < -0.39 is 0 Å². The number of primary amides is 1. The summed E-state index contributed by atoms with van der Waals surface area (Å²) in [6.45, 7) is 3.63. The fraction of sp³-hybridized carbons (Fsp3) is 0.348. The highest BCUT2D eigenvalue weighted by Gasteiger charge is 2.26. The molecule has 5 rings (SSSR count). The molecule has 0 saturated carbocycles. The molecule has 4 aromatic rings. The average molecular weight is 432 g/mol. The van der Waals surface area contributed by atoms with Crippen LogP contribution in [0, 0.1) is 6.92 Å². The lowest BCUT2D eigenvalue weighted by Gasteiger charge is -2.31. The number of amides is 1. The zero-order valence-electron chi connectivity index (χ0n) is 18.2. The van der Waals surface area contributed by atoms with E-state index in [0.29, 0.717) is 18.6 Å². The molecule has 9 nitrogen and oxygen atoms in total. The van der Waals surface area contributed by atoms with Gasteiger partial charge in [0.1, 0.15) is 5.52 Å². The van der Waals surface area contributed by atoms with E-state index in [0.717, 1.165) is 46.3 Å². The van der Waals surface area contributed by atoms with Crippen LogP contribution in [0.4, 0.5) is 0 Å². The number of fused-ring (bicyclic) bond motifs is 3. The number of likely N-dealkylation sites (tertiary alicyclic amines) is 1. The lowest BCUT2D eigenvalue weighted by atomic mass is 10.0. The quantitative estimate of drug-likeness (QED) is 0.527. The van der Waals surface area contributed by atoms with Crippen molar-refractivity contribution >= 4 is 28.0 Å². The molecule has 4 aromatic heterocycles. The fourth-order valence-corrected chi connectivity index (χ4v) is 4.56. The third kappa shape index (κ3) is 3.44. The van der Waals surface area contributed by atoms with Crippen molar-refractivity contribution < 1.29 is 4.79 Å². The first-order chi connectivity index (χ1) is 15.4. The maximum Gasteiger partial charge on any atom is 0.329 e. The van der Waals surface area contributed by atoms with Gasteiger partial charge in [-0.25, -0.2) is 9.78 Å². The molecule has 1 aliphatic rings. The van der Waals surface area contributed by atoms with Crippen molar-refractivity contribution in [3.8, 4) is 11.3 Å². The second-order valence-electron chi connectivity index (χ2n) is 8.43. The minimum atomic E-state index is -0.329. The van der Waals surface area contributed by atoms with Crippen LogP contribution in [-0.4, -0.2) is 54.5 Å². The van der Waals surface area contributed by atoms with Crippen molar-refractivity contribution in [3.63, 3.8) is 0 Å². The van der Waals surface area contributed by atoms with Crippen LogP contribution in [0.1, 0.15) is 24.6 Å². The van der Waals surface area contributed by atoms with Crippen LogP contribution in [0.5, 0.6) is 0 Å². The van der Waals surface area contributed by atoms with Crippen molar-refractivity contribution in [3.05, 3.63) is 52.8 Å². The van der Waals surface area contributed by atoms with Crippen LogP contribution < -0.4 is 11.4 Å². The fourth-order valence-electron chi connectivity index (χ4n) is 4.56. The molecule has 0 radical (unpaired) electrons. The highest BCUT2D eigenvalue weighted by molar-refractivity contribution is 6.00. The SMILES string of the molecule is Cc1ccc(-c2ccc3ncc4c(c3n2)n(C2CCN(CC(N)=O)CC2)c(=O)n4C)cn1. The number of carbonyl (C=O) groups excluding carboxylic acids is 1. The minimum absolute atomic E-state index is 0.0208. The van der Waals surface area contributed by atoms with Crippen LogP contribution >= 0.6 is 0 Å². The number of nitrogens with zero attached hydrogens (tertiary/aromatic N) is 6. The molecule has 0 aliphatic carbocycles. The third-order valence-corrected chi connectivity index (χ3v) is 6.27. The van der Waals surface area contributed by atoms with Crippen LogP contribution in [0.25, 0.3) is 33.3 Å². The number of pyridine rings is 3. The van der Waals surface area contributed by atoms with Gasteiger partial charge in [0.2, 0.25) is 5.91 Å². The van der Waals surface area contributed by atoms with Crippen LogP contribution in [0.3, 0.4) is 0 Å². The van der Waals surface area contributed by atoms with E-state index in [2.05, 4.69) is 9.97 Å². The molecule has 0 bridgehead atoms. The first kappa shape index (κ1) is 20.3. The normalized spacial score (nSPS) is 15.6. The van der Waals surface area contributed by atoms with Gasteiger partial charge in [-0.2, -0.15) is 0 Å². The third-order valence-electron chi connectivity index (χ3n) is 6.27. The van der Waals surface area contributed by atoms with Gasteiger partial charge in [-0.05, 0) is 44.0 Å². The van der Waals surface area contributed by atoms with E-state index in [1.807, 2.05) is 46.9 Å². The van der Waals surface area contributed by atoms with E-state index in [1.165, 1.54) is 0 Å². The van der Waals surface area contributed by atoms with Crippen molar-refractivity contribution in [1.29, 1.82) is 0 Å². The first-order valence-corrected chi connectivity index (χ1v) is 10.7. The van der Waals surface area contributed by atoms with Crippen LogP contribution in [0.15, 0.2) is 41.5 Å².